The van der Waals surface area contributed by atoms with Gasteiger partial charge < -0.3 is 15.5 Å². The fourth-order valence-electron chi connectivity index (χ4n) is 2.49. The van der Waals surface area contributed by atoms with Crippen LogP contribution in [0.25, 0.3) is 0 Å². The fraction of sp³-hybridized carbons (Fsp3) is 0.267. The third-order valence-electron chi connectivity index (χ3n) is 3.58. The summed E-state index contributed by atoms with van der Waals surface area (Å²) in [6.45, 7) is 3.90. The average Bonchev–Trinajstić information content (AvgIpc) is 2.48. The first-order valence-corrected chi connectivity index (χ1v) is 7.06. The van der Waals surface area contributed by atoms with Crippen LogP contribution >= 0.6 is 11.6 Å². The van der Waals surface area contributed by atoms with Crippen LogP contribution in [0.15, 0.2) is 42.7 Å². The van der Waals surface area contributed by atoms with Crippen LogP contribution in [0.4, 0.5) is 17.1 Å². The smallest absolute Gasteiger partial charge is 0.0574 e. The highest BCUT2D eigenvalue weighted by molar-refractivity contribution is 6.30. The summed E-state index contributed by atoms with van der Waals surface area (Å²) in [6, 6.07) is 9.99. The number of pyridine rings is 1. The van der Waals surface area contributed by atoms with E-state index in [2.05, 4.69) is 26.9 Å². The maximum Gasteiger partial charge on any atom is 0.0574 e. The van der Waals surface area contributed by atoms with Crippen molar-refractivity contribution in [3.05, 3.63) is 47.7 Å². The molecule has 1 saturated heterocycles. The molecule has 1 aliphatic heterocycles. The van der Waals surface area contributed by atoms with Gasteiger partial charge in [-0.15, -0.1) is 0 Å². The normalized spacial score (nSPS) is 15.4. The van der Waals surface area contributed by atoms with Gasteiger partial charge in [-0.1, -0.05) is 11.6 Å². The molecule has 0 unspecified atom stereocenters. The lowest BCUT2D eigenvalue weighted by Gasteiger charge is -2.37. The average molecular weight is 289 g/mol. The molecule has 1 aromatic carbocycles. The number of halogens is 1. The van der Waals surface area contributed by atoms with Crippen molar-refractivity contribution in [2.24, 2.45) is 0 Å². The molecule has 0 spiro atoms. The second-order valence-corrected chi connectivity index (χ2v) is 5.36. The van der Waals surface area contributed by atoms with Gasteiger partial charge in [-0.3, -0.25) is 4.98 Å². The van der Waals surface area contributed by atoms with Crippen molar-refractivity contribution in [2.75, 3.05) is 41.7 Å². The molecule has 4 nitrogen and oxygen atoms in total. The number of piperazine rings is 1. The predicted octanol–water partition coefficient (Wildman–Crippen LogP) is 2.64. The van der Waals surface area contributed by atoms with Crippen molar-refractivity contribution < 1.29 is 0 Å². The SMILES string of the molecule is Nc1cncc(N2CCN(c3ccc(Cl)cc3)CC2)c1. The van der Waals surface area contributed by atoms with Gasteiger partial charge in [0, 0.05) is 43.1 Å². The molecule has 5 heteroatoms. The number of nitrogens with two attached hydrogens (primary N) is 1. The highest BCUT2D eigenvalue weighted by atomic mass is 35.5. The maximum absolute atomic E-state index is 5.92. The van der Waals surface area contributed by atoms with Gasteiger partial charge in [0.05, 0.1) is 17.6 Å². The first kappa shape index (κ1) is 13.1. The number of rotatable bonds is 2. The van der Waals surface area contributed by atoms with Crippen LogP contribution in [0.2, 0.25) is 5.02 Å². The van der Waals surface area contributed by atoms with E-state index < -0.39 is 0 Å². The summed E-state index contributed by atoms with van der Waals surface area (Å²) in [5, 5.41) is 0.776. The molecule has 20 heavy (non-hydrogen) atoms. The summed E-state index contributed by atoms with van der Waals surface area (Å²) in [7, 11) is 0. The number of hydrogen-bond donors (Lipinski definition) is 1. The maximum atomic E-state index is 5.92. The minimum atomic E-state index is 0.711. The van der Waals surface area contributed by atoms with Crippen LogP contribution in [-0.4, -0.2) is 31.2 Å². The monoisotopic (exact) mass is 288 g/mol. The van der Waals surface area contributed by atoms with Gasteiger partial charge in [0.15, 0.2) is 0 Å². The van der Waals surface area contributed by atoms with Crippen molar-refractivity contribution in [3.63, 3.8) is 0 Å². The molecule has 0 atom stereocenters. The molecular formula is C15H17ClN4. The molecule has 3 rings (SSSR count). The van der Waals surface area contributed by atoms with Crippen molar-refractivity contribution in [3.8, 4) is 0 Å². The van der Waals surface area contributed by atoms with Crippen LogP contribution in [0.3, 0.4) is 0 Å². The lowest BCUT2D eigenvalue weighted by molar-refractivity contribution is 0.653. The van der Waals surface area contributed by atoms with E-state index in [4.69, 9.17) is 17.3 Å². The zero-order valence-electron chi connectivity index (χ0n) is 11.2. The largest absolute Gasteiger partial charge is 0.397 e. The Kier molecular flexibility index (Phi) is 3.65. The van der Waals surface area contributed by atoms with Crippen LogP contribution in [0.5, 0.6) is 0 Å². The zero-order chi connectivity index (χ0) is 13.9. The van der Waals surface area contributed by atoms with Gasteiger partial charge in [-0.2, -0.15) is 0 Å². The molecule has 2 heterocycles. The van der Waals surface area contributed by atoms with E-state index in [1.54, 1.807) is 6.20 Å². The second kappa shape index (κ2) is 5.59. The molecule has 2 N–H and O–H groups in total. The zero-order valence-corrected chi connectivity index (χ0v) is 11.9. The molecule has 0 radical (unpaired) electrons. The van der Waals surface area contributed by atoms with Crippen LogP contribution in [0.1, 0.15) is 0 Å². The third-order valence-corrected chi connectivity index (χ3v) is 3.83. The van der Waals surface area contributed by atoms with Gasteiger partial charge >= 0.3 is 0 Å². The first-order chi connectivity index (χ1) is 9.72. The van der Waals surface area contributed by atoms with Gasteiger partial charge in [-0.05, 0) is 30.3 Å². The lowest BCUT2D eigenvalue weighted by Crippen LogP contribution is -2.46. The van der Waals surface area contributed by atoms with Crippen molar-refractivity contribution in [2.45, 2.75) is 0 Å². The van der Waals surface area contributed by atoms with E-state index in [0.717, 1.165) is 36.9 Å². The molecule has 0 aliphatic carbocycles. The lowest BCUT2D eigenvalue weighted by atomic mass is 10.2. The Labute approximate surface area is 123 Å². The van der Waals surface area contributed by atoms with Crippen LogP contribution in [0, 0.1) is 0 Å². The molecule has 0 bridgehead atoms. The van der Waals surface area contributed by atoms with Crippen molar-refractivity contribution in [1.82, 2.24) is 4.98 Å². The molecule has 0 saturated carbocycles. The Hall–Kier alpha value is -1.94. The molecular weight excluding hydrogens is 272 g/mol. The Bertz CT molecular complexity index is 577. The molecule has 1 aliphatic rings. The molecule has 104 valence electrons. The molecule has 1 aromatic heterocycles. The quantitative estimate of drug-likeness (QED) is 0.923. The summed E-state index contributed by atoms with van der Waals surface area (Å²) in [5.41, 5.74) is 8.82. The van der Waals surface area contributed by atoms with Crippen molar-refractivity contribution >= 4 is 28.7 Å². The summed E-state index contributed by atoms with van der Waals surface area (Å²) >= 11 is 5.92. The number of anilines is 3. The minimum absolute atomic E-state index is 0.711. The standard InChI is InChI=1S/C15H17ClN4/c16-12-1-3-14(4-2-12)19-5-7-20(8-6-19)15-9-13(17)10-18-11-15/h1-4,9-11H,5-8,17H2. The topological polar surface area (TPSA) is 45.4 Å². The van der Waals surface area contributed by atoms with Gasteiger partial charge in [-0.25, -0.2) is 0 Å². The summed E-state index contributed by atoms with van der Waals surface area (Å²) in [4.78, 5) is 8.83. The van der Waals surface area contributed by atoms with E-state index in [1.807, 2.05) is 24.4 Å². The summed E-state index contributed by atoms with van der Waals surface area (Å²) in [5.74, 6) is 0. The first-order valence-electron chi connectivity index (χ1n) is 6.68. The summed E-state index contributed by atoms with van der Waals surface area (Å²) < 4.78 is 0. The highest BCUT2D eigenvalue weighted by Crippen LogP contribution is 2.22. The second-order valence-electron chi connectivity index (χ2n) is 4.93. The van der Waals surface area contributed by atoms with E-state index in [1.165, 1.54) is 5.69 Å². The van der Waals surface area contributed by atoms with E-state index >= 15 is 0 Å². The Morgan fingerprint density at radius 1 is 0.900 bits per heavy atom. The van der Waals surface area contributed by atoms with E-state index in [9.17, 15) is 0 Å². The summed E-state index contributed by atoms with van der Waals surface area (Å²) in [6.07, 6.45) is 3.54. The number of nitrogen functional groups attached to an aromatic ring is 1. The number of aromatic nitrogens is 1. The minimum Gasteiger partial charge on any atom is -0.397 e. The molecule has 1 fully saturated rings. The Balaban J connectivity index is 1.66. The van der Waals surface area contributed by atoms with Gasteiger partial charge in [0.25, 0.3) is 0 Å². The third kappa shape index (κ3) is 2.80. The molecule has 0 amide bonds. The Morgan fingerprint density at radius 2 is 1.50 bits per heavy atom. The predicted molar refractivity (Wildman–Crippen MR) is 84.5 cm³/mol. The number of hydrogen-bond acceptors (Lipinski definition) is 4. The number of nitrogens with zero attached hydrogens (tertiary/aromatic N) is 3. The molecule has 2 aromatic rings. The fourth-order valence-corrected chi connectivity index (χ4v) is 2.62. The van der Waals surface area contributed by atoms with Gasteiger partial charge in [0.1, 0.15) is 0 Å². The highest BCUT2D eigenvalue weighted by Gasteiger charge is 2.17. The number of benzene rings is 1. The van der Waals surface area contributed by atoms with Gasteiger partial charge in [0.2, 0.25) is 0 Å². The van der Waals surface area contributed by atoms with Crippen molar-refractivity contribution in [1.29, 1.82) is 0 Å². The Morgan fingerprint density at radius 3 is 2.10 bits per heavy atom. The van der Waals surface area contributed by atoms with Crippen LogP contribution < -0.4 is 15.5 Å². The van der Waals surface area contributed by atoms with E-state index in [0.29, 0.717) is 5.69 Å². The van der Waals surface area contributed by atoms with Crippen LogP contribution in [-0.2, 0) is 0 Å². The van der Waals surface area contributed by atoms with E-state index in [-0.39, 0.29) is 0 Å².